The summed E-state index contributed by atoms with van der Waals surface area (Å²) in [4.78, 5) is 12.3. The number of phenolic OH excluding ortho intramolecular Hbond substituents is 1. The Balaban J connectivity index is 1.71. The van der Waals surface area contributed by atoms with Gasteiger partial charge in [-0.25, -0.2) is 5.43 Å². The molecule has 0 atom stereocenters. The minimum Gasteiger partial charge on any atom is -0.508 e. The van der Waals surface area contributed by atoms with Gasteiger partial charge < -0.3 is 9.84 Å². The fourth-order valence-electron chi connectivity index (χ4n) is 2.49. The number of hydrazone groups is 1. The molecule has 0 aliphatic rings. The minimum absolute atomic E-state index is 0.140. The number of hydrogen-bond acceptors (Lipinski definition) is 5. The third kappa shape index (κ3) is 4.52. The first-order valence-electron chi connectivity index (χ1n) is 8.49. The van der Waals surface area contributed by atoms with Crippen molar-refractivity contribution in [3.63, 3.8) is 0 Å². The number of phenols is 1. The van der Waals surface area contributed by atoms with Crippen molar-refractivity contribution in [3.05, 3.63) is 65.9 Å². The van der Waals surface area contributed by atoms with Crippen molar-refractivity contribution in [2.45, 2.75) is 13.8 Å². The lowest BCUT2D eigenvalue weighted by Crippen LogP contribution is -2.19. The lowest BCUT2D eigenvalue weighted by molar-refractivity contribution is 0.0950. The third-order valence-electron chi connectivity index (χ3n) is 3.85. The summed E-state index contributed by atoms with van der Waals surface area (Å²) in [5.41, 5.74) is 5.54. The molecular weight excluding hydrogens is 344 g/mol. The molecule has 27 heavy (non-hydrogen) atoms. The Morgan fingerprint density at radius 3 is 2.81 bits per heavy atom. The predicted octanol–water partition coefficient (Wildman–Crippen LogP) is 3.34. The first-order chi connectivity index (χ1) is 13.1. The number of amides is 1. The Hall–Kier alpha value is -3.61. The molecule has 0 unspecified atom stereocenters. The molecule has 0 saturated carbocycles. The molecule has 1 amide bonds. The zero-order chi connectivity index (χ0) is 19.2. The maximum atomic E-state index is 12.3. The molecule has 0 spiro atoms. The van der Waals surface area contributed by atoms with E-state index in [0.717, 1.165) is 11.3 Å². The fraction of sp³-hybridized carbons (Fsp3) is 0.150. The van der Waals surface area contributed by atoms with E-state index in [-0.39, 0.29) is 5.75 Å². The second-order valence-electron chi connectivity index (χ2n) is 5.82. The van der Waals surface area contributed by atoms with E-state index >= 15 is 0 Å². The number of ether oxygens (including phenoxy) is 1. The number of aromatic amines is 1. The van der Waals surface area contributed by atoms with Gasteiger partial charge in [-0.05, 0) is 44.2 Å². The number of aromatic nitrogens is 2. The van der Waals surface area contributed by atoms with Crippen molar-refractivity contribution in [1.29, 1.82) is 0 Å². The van der Waals surface area contributed by atoms with Crippen LogP contribution in [0.15, 0.2) is 59.7 Å². The highest BCUT2D eigenvalue weighted by Gasteiger charge is 2.11. The molecule has 1 heterocycles. The number of aromatic hydroxyl groups is 1. The van der Waals surface area contributed by atoms with Crippen LogP contribution in [0.25, 0.3) is 11.3 Å². The maximum absolute atomic E-state index is 12.3. The molecule has 0 radical (unpaired) electrons. The van der Waals surface area contributed by atoms with Gasteiger partial charge in [-0.2, -0.15) is 10.2 Å². The van der Waals surface area contributed by atoms with Gasteiger partial charge in [0, 0.05) is 11.1 Å². The van der Waals surface area contributed by atoms with Gasteiger partial charge >= 0.3 is 0 Å². The lowest BCUT2D eigenvalue weighted by atomic mass is 10.1. The summed E-state index contributed by atoms with van der Waals surface area (Å²) in [6.07, 6.45) is 0. The second kappa shape index (κ2) is 8.18. The van der Waals surface area contributed by atoms with Gasteiger partial charge in [-0.1, -0.05) is 24.3 Å². The number of nitrogens with zero attached hydrogens (tertiary/aromatic N) is 2. The number of benzene rings is 2. The second-order valence-corrected chi connectivity index (χ2v) is 5.82. The minimum atomic E-state index is -0.408. The van der Waals surface area contributed by atoms with E-state index in [0.29, 0.717) is 29.3 Å². The third-order valence-corrected chi connectivity index (χ3v) is 3.85. The van der Waals surface area contributed by atoms with Crippen molar-refractivity contribution in [1.82, 2.24) is 15.6 Å². The van der Waals surface area contributed by atoms with E-state index < -0.39 is 5.91 Å². The normalized spacial score (nSPS) is 11.3. The van der Waals surface area contributed by atoms with E-state index in [1.165, 1.54) is 0 Å². The molecular formula is C20H20N4O3. The fourth-order valence-corrected chi connectivity index (χ4v) is 2.49. The largest absolute Gasteiger partial charge is 0.508 e. The smallest absolute Gasteiger partial charge is 0.289 e. The highest BCUT2D eigenvalue weighted by molar-refractivity contribution is 6.00. The quantitative estimate of drug-likeness (QED) is 0.461. The average Bonchev–Trinajstić information content (AvgIpc) is 3.17. The predicted molar refractivity (Wildman–Crippen MR) is 103 cm³/mol. The Bertz CT molecular complexity index is 979. The number of carbonyl (C=O) groups is 1. The molecule has 138 valence electrons. The summed E-state index contributed by atoms with van der Waals surface area (Å²) in [5, 5.41) is 20.5. The monoisotopic (exact) mass is 364 g/mol. The Morgan fingerprint density at radius 2 is 2.04 bits per heavy atom. The van der Waals surface area contributed by atoms with Crippen molar-refractivity contribution in [3.8, 4) is 22.8 Å². The first kappa shape index (κ1) is 18.2. The molecule has 7 heteroatoms. The van der Waals surface area contributed by atoms with Crippen LogP contribution in [0.2, 0.25) is 0 Å². The molecule has 0 bridgehead atoms. The zero-order valence-corrected chi connectivity index (χ0v) is 15.1. The van der Waals surface area contributed by atoms with Crippen LogP contribution in [0.5, 0.6) is 11.5 Å². The van der Waals surface area contributed by atoms with Gasteiger partial charge in [-0.3, -0.25) is 9.89 Å². The highest BCUT2D eigenvalue weighted by atomic mass is 16.5. The molecule has 1 aromatic heterocycles. The summed E-state index contributed by atoms with van der Waals surface area (Å²) < 4.78 is 5.48. The van der Waals surface area contributed by atoms with Gasteiger partial charge in [0.1, 0.15) is 17.2 Å². The molecule has 0 aliphatic heterocycles. The Kier molecular flexibility index (Phi) is 5.51. The van der Waals surface area contributed by atoms with Gasteiger partial charge in [0.15, 0.2) is 0 Å². The van der Waals surface area contributed by atoms with E-state index in [1.807, 2.05) is 31.2 Å². The van der Waals surface area contributed by atoms with Gasteiger partial charge in [-0.15, -0.1) is 0 Å². The topological polar surface area (TPSA) is 99.6 Å². The van der Waals surface area contributed by atoms with E-state index in [4.69, 9.17) is 4.74 Å². The lowest BCUT2D eigenvalue weighted by Gasteiger charge is -2.03. The summed E-state index contributed by atoms with van der Waals surface area (Å²) in [6.45, 7) is 4.24. The number of rotatable bonds is 6. The summed E-state index contributed by atoms with van der Waals surface area (Å²) in [7, 11) is 0. The maximum Gasteiger partial charge on any atom is 0.289 e. The molecule has 0 aliphatic carbocycles. The van der Waals surface area contributed by atoms with E-state index in [9.17, 15) is 9.90 Å². The number of hydrogen-bond donors (Lipinski definition) is 3. The van der Waals surface area contributed by atoms with Crippen molar-refractivity contribution < 1.29 is 14.6 Å². The standard InChI is InChI=1S/C20H20N4O3/c1-3-27-17-9-5-7-15(11-17)18-12-19(23-22-18)20(26)24-21-13(2)14-6-4-8-16(25)10-14/h4-12,25H,3H2,1-2H3,(H,22,23)(H,24,26). The van der Waals surface area contributed by atoms with Crippen LogP contribution < -0.4 is 10.2 Å². The molecule has 3 aromatic rings. The summed E-state index contributed by atoms with van der Waals surface area (Å²) >= 11 is 0. The van der Waals surface area contributed by atoms with Crippen LogP contribution in [0.3, 0.4) is 0 Å². The van der Waals surface area contributed by atoms with E-state index in [1.54, 1.807) is 37.3 Å². The van der Waals surface area contributed by atoms with Crippen LogP contribution >= 0.6 is 0 Å². The van der Waals surface area contributed by atoms with Crippen LogP contribution in [0, 0.1) is 0 Å². The molecule has 7 nitrogen and oxygen atoms in total. The van der Waals surface area contributed by atoms with Crippen molar-refractivity contribution >= 4 is 11.6 Å². The molecule has 3 rings (SSSR count). The molecule has 3 N–H and O–H groups in total. The van der Waals surface area contributed by atoms with Gasteiger partial charge in [0.05, 0.1) is 18.0 Å². The van der Waals surface area contributed by atoms with Crippen molar-refractivity contribution in [2.75, 3.05) is 6.61 Å². The molecule has 0 saturated heterocycles. The summed E-state index contributed by atoms with van der Waals surface area (Å²) in [6, 6.07) is 15.8. The average molecular weight is 364 g/mol. The Morgan fingerprint density at radius 1 is 1.22 bits per heavy atom. The van der Waals surface area contributed by atoms with Gasteiger partial charge in [0.25, 0.3) is 5.91 Å². The first-order valence-corrected chi connectivity index (χ1v) is 8.49. The van der Waals surface area contributed by atoms with Gasteiger partial charge in [0.2, 0.25) is 0 Å². The number of H-pyrrole nitrogens is 1. The van der Waals surface area contributed by atoms with Crippen LogP contribution in [-0.4, -0.2) is 33.5 Å². The summed E-state index contributed by atoms with van der Waals surface area (Å²) in [5.74, 6) is 0.477. The SMILES string of the molecule is CCOc1cccc(-c2cc(C(=O)NN=C(C)c3cccc(O)c3)[nH]n2)c1. The van der Waals surface area contributed by atoms with Crippen LogP contribution in [-0.2, 0) is 0 Å². The van der Waals surface area contributed by atoms with Crippen molar-refractivity contribution in [2.24, 2.45) is 5.10 Å². The Labute approximate surface area is 156 Å². The zero-order valence-electron chi connectivity index (χ0n) is 15.1. The number of carbonyl (C=O) groups excluding carboxylic acids is 1. The highest BCUT2D eigenvalue weighted by Crippen LogP contribution is 2.22. The number of nitrogens with one attached hydrogen (secondary N) is 2. The molecule has 0 fully saturated rings. The van der Waals surface area contributed by atoms with Crippen LogP contribution in [0.4, 0.5) is 0 Å². The van der Waals surface area contributed by atoms with Crippen LogP contribution in [0.1, 0.15) is 29.9 Å². The molecule has 2 aromatic carbocycles. The van der Waals surface area contributed by atoms with E-state index in [2.05, 4.69) is 20.7 Å².